The summed E-state index contributed by atoms with van der Waals surface area (Å²) in [7, 11) is 0. The van der Waals surface area contributed by atoms with Crippen LogP contribution in [0.4, 0.5) is 5.69 Å². The number of aryl methyl sites for hydroxylation is 1. The van der Waals surface area contributed by atoms with E-state index in [9.17, 15) is 4.79 Å². The van der Waals surface area contributed by atoms with Crippen LogP contribution in [0, 0.1) is 6.92 Å². The first kappa shape index (κ1) is 15.6. The average molecular weight is 321 g/mol. The summed E-state index contributed by atoms with van der Waals surface area (Å²) in [6.45, 7) is 6.56. The van der Waals surface area contributed by atoms with Crippen LogP contribution in [-0.4, -0.2) is 17.4 Å². The standard InChI is InChI=1S/C16H17ClN2OS/c1-3-9-19(10-12-7-8-14(17)21-12)16(20)13-6-4-5-11(2)15(13)18/h3-8H,1,9-10,18H2,2H3. The van der Waals surface area contributed by atoms with Gasteiger partial charge in [-0.2, -0.15) is 0 Å². The highest BCUT2D eigenvalue weighted by atomic mass is 35.5. The second kappa shape index (κ2) is 6.78. The first-order valence-electron chi connectivity index (χ1n) is 6.52. The largest absolute Gasteiger partial charge is 0.398 e. The van der Waals surface area contributed by atoms with Gasteiger partial charge in [0.1, 0.15) is 0 Å². The Morgan fingerprint density at radius 2 is 2.19 bits per heavy atom. The molecule has 2 N–H and O–H groups in total. The molecule has 0 bridgehead atoms. The van der Waals surface area contributed by atoms with Gasteiger partial charge in [-0.25, -0.2) is 0 Å². The molecular weight excluding hydrogens is 304 g/mol. The maximum atomic E-state index is 12.7. The Morgan fingerprint density at radius 1 is 1.43 bits per heavy atom. The minimum Gasteiger partial charge on any atom is -0.398 e. The van der Waals surface area contributed by atoms with Gasteiger partial charge in [0.05, 0.1) is 16.4 Å². The number of benzene rings is 1. The van der Waals surface area contributed by atoms with Gasteiger partial charge in [-0.3, -0.25) is 4.79 Å². The highest BCUT2D eigenvalue weighted by Crippen LogP contribution is 2.24. The minimum absolute atomic E-state index is 0.0966. The SMILES string of the molecule is C=CCN(Cc1ccc(Cl)s1)C(=O)c1cccc(C)c1N. The third kappa shape index (κ3) is 3.65. The molecule has 21 heavy (non-hydrogen) atoms. The van der Waals surface area contributed by atoms with Crippen LogP contribution in [0.5, 0.6) is 0 Å². The number of para-hydroxylation sites is 1. The van der Waals surface area contributed by atoms with E-state index < -0.39 is 0 Å². The maximum Gasteiger partial charge on any atom is 0.256 e. The monoisotopic (exact) mass is 320 g/mol. The number of carbonyl (C=O) groups is 1. The molecule has 0 saturated heterocycles. The molecule has 2 rings (SSSR count). The molecule has 5 heteroatoms. The van der Waals surface area contributed by atoms with Gasteiger partial charge in [0.2, 0.25) is 0 Å². The van der Waals surface area contributed by atoms with E-state index in [1.54, 1.807) is 17.0 Å². The quantitative estimate of drug-likeness (QED) is 0.665. The number of anilines is 1. The highest BCUT2D eigenvalue weighted by Gasteiger charge is 2.18. The van der Waals surface area contributed by atoms with Crippen molar-refractivity contribution in [1.82, 2.24) is 4.90 Å². The summed E-state index contributed by atoms with van der Waals surface area (Å²) in [6.07, 6.45) is 1.71. The van der Waals surface area contributed by atoms with E-state index in [0.29, 0.717) is 28.7 Å². The van der Waals surface area contributed by atoms with Crippen LogP contribution in [0.25, 0.3) is 0 Å². The van der Waals surface area contributed by atoms with Gasteiger partial charge in [-0.15, -0.1) is 17.9 Å². The predicted molar refractivity (Wildman–Crippen MR) is 89.9 cm³/mol. The number of nitrogen functional groups attached to an aromatic ring is 1. The molecule has 1 heterocycles. The zero-order valence-electron chi connectivity index (χ0n) is 11.8. The van der Waals surface area contributed by atoms with Crippen molar-refractivity contribution in [3.05, 3.63) is 63.3 Å². The lowest BCUT2D eigenvalue weighted by atomic mass is 10.1. The third-order valence-electron chi connectivity index (χ3n) is 3.17. The van der Waals surface area contributed by atoms with Crippen molar-refractivity contribution in [3.63, 3.8) is 0 Å². The van der Waals surface area contributed by atoms with E-state index in [0.717, 1.165) is 10.4 Å². The van der Waals surface area contributed by atoms with E-state index in [2.05, 4.69) is 6.58 Å². The second-order valence-corrected chi connectivity index (χ2v) is 6.52. The topological polar surface area (TPSA) is 46.3 Å². The zero-order valence-corrected chi connectivity index (χ0v) is 13.4. The molecular formula is C16H17ClN2OS. The lowest BCUT2D eigenvalue weighted by Gasteiger charge is -2.21. The smallest absolute Gasteiger partial charge is 0.256 e. The summed E-state index contributed by atoms with van der Waals surface area (Å²) < 4.78 is 0.714. The number of nitrogens with two attached hydrogens (primary N) is 1. The molecule has 1 aromatic carbocycles. The van der Waals surface area contributed by atoms with Crippen LogP contribution in [0.3, 0.4) is 0 Å². The lowest BCUT2D eigenvalue weighted by Crippen LogP contribution is -2.31. The van der Waals surface area contributed by atoms with Crippen molar-refractivity contribution in [2.24, 2.45) is 0 Å². The first-order valence-corrected chi connectivity index (χ1v) is 7.72. The van der Waals surface area contributed by atoms with Crippen LogP contribution in [0.2, 0.25) is 4.34 Å². The Balaban J connectivity index is 2.26. The molecule has 1 aromatic heterocycles. The van der Waals surface area contributed by atoms with Crippen molar-refractivity contribution in [2.45, 2.75) is 13.5 Å². The number of amides is 1. The number of hydrogen-bond acceptors (Lipinski definition) is 3. The zero-order chi connectivity index (χ0) is 15.4. The maximum absolute atomic E-state index is 12.7. The van der Waals surface area contributed by atoms with Crippen LogP contribution in [0.1, 0.15) is 20.8 Å². The number of nitrogens with zero attached hydrogens (tertiary/aromatic N) is 1. The number of hydrogen-bond donors (Lipinski definition) is 1. The minimum atomic E-state index is -0.0966. The number of rotatable bonds is 5. The Hall–Kier alpha value is -1.78. The van der Waals surface area contributed by atoms with Crippen LogP contribution < -0.4 is 5.73 Å². The summed E-state index contributed by atoms with van der Waals surface area (Å²) in [6, 6.07) is 9.24. The van der Waals surface area contributed by atoms with Crippen LogP contribution >= 0.6 is 22.9 Å². The second-order valence-electron chi connectivity index (χ2n) is 4.72. The summed E-state index contributed by atoms with van der Waals surface area (Å²) in [5.41, 5.74) is 7.98. The van der Waals surface area contributed by atoms with E-state index in [-0.39, 0.29) is 5.91 Å². The fourth-order valence-corrected chi connectivity index (χ4v) is 3.14. The molecule has 0 aliphatic heterocycles. The van der Waals surface area contributed by atoms with E-state index >= 15 is 0 Å². The molecule has 0 fully saturated rings. The summed E-state index contributed by atoms with van der Waals surface area (Å²) in [4.78, 5) is 15.4. The van der Waals surface area contributed by atoms with Gasteiger partial charge in [0, 0.05) is 17.1 Å². The molecule has 110 valence electrons. The third-order valence-corrected chi connectivity index (χ3v) is 4.38. The number of thiophene rings is 1. The lowest BCUT2D eigenvalue weighted by molar-refractivity contribution is 0.0765. The van der Waals surface area contributed by atoms with Crippen LogP contribution in [-0.2, 0) is 6.54 Å². The van der Waals surface area contributed by atoms with Gasteiger partial charge in [0.15, 0.2) is 0 Å². The Bertz CT molecular complexity index is 666. The average Bonchev–Trinajstić information content (AvgIpc) is 2.86. The Morgan fingerprint density at radius 3 is 2.81 bits per heavy atom. The van der Waals surface area contributed by atoms with Crippen LogP contribution in [0.15, 0.2) is 43.0 Å². The number of carbonyl (C=O) groups excluding carboxylic acids is 1. The van der Waals surface area contributed by atoms with Gasteiger partial charge in [-0.1, -0.05) is 29.8 Å². The summed E-state index contributed by atoms with van der Waals surface area (Å²) in [5.74, 6) is -0.0966. The van der Waals surface area contributed by atoms with Crippen molar-refractivity contribution in [3.8, 4) is 0 Å². The molecule has 1 amide bonds. The van der Waals surface area contributed by atoms with Crippen molar-refractivity contribution >= 4 is 34.5 Å². The fraction of sp³-hybridized carbons (Fsp3) is 0.188. The predicted octanol–water partition coefficient (Wildman–Crippen LogP) is 4.12. The van der Waals surface area contributed by atoms with Crippen molar-refractivity contribution in [1.29, 1.82) is 0 Å². The fourth-order valence-electron chi connectivity index (χ4n) is 2.04. The molecule has 0 spiro atoms. The van der Waals surface area contributed by atoms with Crippen molar-refractivity contribution in [2.75, 3.05) is 12.3 Å². The Kier molecular flexibility index (Phi) is 5.04. The van der Waals surface area contributed by atoms with Gasteiger partial charge in [0.25, 0.3) is 5.91 Å². The molecule has 0 aliphatic carbocycles. The molecule has 3 nitrogen and oxygen atoms in total. The summed E-state index contributed by atoms with van der Waals surface area (Å²) >= 11 is 7.41. The molecule has 0 unspecified atom stereocenters. The summed E-state index contributed by atoms with van der Waals surface area (Å²) in [5, 5.41) is 0. The molecule has 0 saturated carbocycles. The molecule has 0 aliphatic rings. The Labute approximate surface area is 133 Å². The molecule has 0 radical (unpaired) electrons. The normalized spacial score (nSPS) is 10.4. The van der Waals surface area contributed by atoms with Gasteiger partial charge in [-0.05, 0) is 30.7 Å². The van der Waals surface area contributed by atoms with E-state index in [4.69, 9.17) is 17.3 Å². The van der Waals surface area contributed by atoms with Crippen molar-refractivity contribution < 1.29 is 4.79 Å². The molecule has 0 atom stereocenters. The van der Waals surface area contributed by atoms with Gasteiger partial charge < -0.3 is 10.6 Å². The van der Waals surface area contributed by atoms with Gasteiger partial charge >= 0.3 is 0 Å². The first-order chi connectivity index (χ1) is 10.0. The molecule has 2 aromatic rings. The van der Waals surface area contributed by atoms with E-state index in [1.165, 1.54) is 11.3 Å². The highest BCUT2D eigenvalue weighted by molar-refractivity contribution is 7.16. The number of halogens is 1. The van der Waals surface area contributed by atoms with E-state index in [1.807, 2.05) is 31.2 Å².